The third kappa shape index (κ3) is 3.89. The maximum Gasteiger partial charge on any atom is 0.333 e. The minimum Gasteiger partial charge on any atom is -0.618 e. The molecule has 39 heavy (non-hydrogen) atoms. The third-order valence-corrected chi connectivity index (χ3v) is 9.61. The number of thioether (sulfide) groups is 1. The lowest BCUT2D eigenvalue weighted by atomic mass is 9.55. The standard InChI is InChI=1S/C28H34N4O6S/c1-4-5-6-8-11-17-14-15-19(23(29)34)32(38)22(17)27(24(30)35,18-12-9-7-10-13-18)28(25(36)37)26(2,3)39-21-16-20(33)31(21)28/h7,9-10,12-15,21H,4-6,8,11,16H2,1-3H3,(H2,29,34)(H2,30,35)(H,36,37)/t21-,27?,28-/m1/s1. The van der Waals surface area contributed by atoms with E-state index in [2.05, 4.69) is 6.92 Å². The lowest BCUT2D eigenvalue weighted by Crippen LogP contribution is -2.80. The zero-order chi connectivity index (χ0) is 28.8. The van der Waals surface area contributed by atoms with E-state index in [0.29, 0.717) is 18.4 Å². The van der Waals surface area contributed by atoms with E-state index in [1.165, 1.54) is 40.9 Å². The molecule has 2 saturated heterocycles. The van der Waals surface area contributed by atoms with E-state index >= 15 is 0 Å². The van der Waals surface area contributed by atoms with Gasteiger partial charge in [-0.25, -0.2) is 4.79 Å². The normalized spacial score (nSPS) is 23.0. The maximum atomic E-state index is 14.2. The van der Waals surface area contributed by atoms with Crippen LogP contribution < -0.4 is 16.2 Å². The largest absolute Gasteiger partial charge is 0.618 e. The number of amides is 3. The second-order valence-electron chi connectivity index (χ2n) is 10.6. The highest BCUT2D eigenvalue weighted by Crippen LogP contribution is 2.64. The van der Waals surface area contributed by atoms with Crippen molar-refractivity contribution >= 4 is 35.5 Å². The summed E-state index contributed by atoms with van der Waals surface area (Å²) in [6.45, 7) is 5.35. The number of unbranched alkanes of at least 4 members (excludes halogenated alkanes) is 3. The van der Waals surface area contributed by atoms with Crippen LogP contribution in [0.2, 0.25) is 0 Å². The summed E-state index contributed by atoms with van der Waals surface area (Å²) in [5.41, 5.74) is 6.88. The van der Waals surface area contributed by atoms with Crippen molar-refractivity contribution in [3.8, 4) is 0 Å². The van der Waals surface area contributed by atoms with E-state index in [1.807, 2.05) is 0 Å². The molecule has 3 amide bonds. The molecule has 1 aromatic carbocycles. The topological polar surface area (TPSA) is 171 Å². The molecule has 3 atom stereocenters. The number of carbonyl (C=O) groups excluding carboxylic acids is 3. The Morgan fingerprint density at radius 2 is 1.79 bits per heavy atom. The first kappa shape index (κ1) is 28.4. The van der Waals surface area contributed by atoms with Gasteiger partial charge in [0.05, 0.1) is 11.8 Å². The molecule has 10 nitrogen and oxygen atoms in total. The number of pyridine rings is 1. The molecule has 5 N–H and O–H groups in total. The minimum atomic E-state index is -2.38. The molecule has 0 spiro atoms. The second kappa shape index (κ2) is 10.2. The molecular weight excluding hydrogens is 520 g/mol. The van der Waals surface area contributed by atoms with Crippen LogP contribution in [0.1, 0.15) is 80.2 Å². The van der Waals surface area contributed by atoms with Gasteiger partial charge in [0, 0.05) is 16.4 Å². The number of β-lactam (4-membered cyclic amide) rings is 1. The summed E-state index contributed by atoms with van der Waals surface area (Å²) < 4.78 is -1.03. The molecule has 4 rings (SSSR count). The van der Waals surface area contributed by atoms with Crippen LogP contribution in [0.15, 0.2) is 42.5 Å². The Kier molecular flexibility index (Phi) is 7.41. The lowest BCUT2D eigenvalue weighted by molar-refractivity contribution is -0.620. The van der Waals surface area contributed by atoms with E-state index in [-0.39, 0.29) is 22.4 Å². The number of carbonyl (C=O) groups is 4. The molecule has 3 heterocycles. The number of primary amides is 2. The van der Waals surface area contributed by atoms with Crippen molar-refractivity contribution in [3.63, 3.8) is 0 Å². The summed E-state index contributed by atoms with van der Waals surface area (Å²) in [5.74, 6) is -4.10. The van der Waals surface area contributed by atoms with Gasteiger partial charge in [-0.1, -0.05) is 56.5 Å². The van der Waals surface area contributed by atoms with Gasteiger partial charge in [0.15, 0.2) is 11.0 Å². The number of aryl methyl sites for hydroxylation is 1. The Labute approximate surface area is 231 Å². The number of carboxylic acids is 1. The molecular formula is C28H34N4O6S. The smallest absolute Gasteiger partial charge is 0.333 e. The van der Waals surface area contributed by atoms with Crippen molar-refractivity contribution in [1.82, 2.24) is 4.90 Å². The summed E-state index contributed by atoms with van der Waals surface area (Å²) in [6.07, 6.45) is 3.80. The van der Waals surface area contributed by atoms with Gasteiger partial charge in [0.25, 0.3) is 5.69 Å². The molecule has 2 aliphatic rings. The summed E-state index contributed by atoms with van der Waals surface area (Å²) in [6, 6.07) is 10.8. The van der Waals surface area contributed by atoms with Gasteiger partial charge in [-0.15, -0.1) is 11.8 Å². The molecule has 2 aromatic rings. The van der Waals surface area contributed by atoms with Crippen LogP contribution in [-0.2, 0) is 26.2 Å². The zero-order valence-corrected chi connectivity index (χ0v) is 23.1. The quantitative estimate of drug-likeness (QED) is 0.165. The van der Waals surface area contributed by atoms with Crippen LogP contribution in [0.25, 0.3) is 0 Å². The molecule has 0 bridgehead atoms. The number of carboxylic acid groups (broad SMARTS) is 1. The van der Waals surface area contributed by atoms with Gasteiger partial charge in [0.2, 0.25) is 17.5 Å². The van der Waals surface area contributed by atoms with Crippen LogP contribution in [0, 0.1) is 5.21 Å². The number of aromatic nitrogens is 1. The van der Waals surface area contributed by atoms with Crippen molar-refractivity contribution < 1.29 is 29.0 Å². The highest BCUT2D eigenvalue weighted by atomic mass is 32.2. The van der Waals surface area contributed by atoms with E-state index in [9.17, 15) is 29.5 Å². The van der Waals surface area contributed by atoms with Crippen LogP contribution in [-0.4, -0.2) is 49.4 Å². The Bertz CT molecular complexity index is 1330. The Hall–Kier alpha value is -3.60. The molecule has 2 fully saturated rings. The molecule has 1 aromatic heterocycles. The fourth-order valence-corrected chi connectivity index (χ4v) is 8.29. The average molecular weight is 555 g/mol. The van der Waals surface area contributed by atoms with Crippen LogP contribution in [0.5, 0.6) is 0 Å². The maximum absolute atomic E-state index is 14.2. The van der Waals surface area contributed by atoms with E-state index in [1.54, 1.807) is 32.0 Å². The number of hydrogen-bond acceptors (Lipinski definition) is 6. The van der Waals surface area contributed by atoms with Crippen molar-refractivity contribution in [2.24, 2.45) is 11.5 Å². The van der Waals surface area contributed by atoms with Crippen molar-refractivity contribution in [1.29, 1.82) is 0 Å². The van der Waals surface area contributed by atoms with E-state index < -0.39 is 50.5 Å². The molecule has 0 aliphatic carbocycles. The summed E-state index contributed by atoms with van der Waals surface area (Å²) in [7, 11) is 0. The fraction of sp³-hybridized carbons (Fsp3) is 0.464. The summed E-state index contributed by atoms with van der Waals surface area (Å²) in [4.78, 5) is 54.5. The highest BCUT2D eigenvalue weighted by Gasteiger charge is 2.82. The Morgan fingerprint density at radius 3 is 2.33 bits per heavy atom. The molecule has 0 radical (unpaired) electrons. The molecule has 0 saturated carbocycles. The van der Waals surface area contributed by atoms with Gasteiger partial charge in [0.1, 0.15) is 0 Å². The van der Waals surface area contributed by atoms with E-state index in [0.717, 1.165) is 19.3 Å². The molecule has 2 aliphatic heterocycles. The predicted molar refractivity (Wildman–Crippen MR) is 145 cm³/mol. The number of benzene rings is 1. The summed E-state index contributed by atoms with van der Waals surface area (Å²) >= 11 is 1.25. The first-order valence-electron chi connectivity index (χ1n) is 13.0. The number of nitrogens with two attached hydrogens (primary N) is 2. The molecule has 208 valence electrons. The SMILES string of the molecule is CCCCCCc1ccc(C(N)=O)[n+]([O-])c1C(C(N)=O)(c1ccccc1)[C@]1(C(=O)O)N2C(=O)C[C@H]2SC1(C)C. The van der Waals surface area contributed by atoms with E-state index in [4.69, 9.17) is 11.5 Å². The van der Waals surface area contributed by atoms with Gasteiger partial charge in [-0.05, 0) is 38.3 Å². The van der Waals surface area contributed by atoms with Gasteiger partial charge in [-0.2, -0.15) is 4.73 Å². The monoisotopic (exact) mass is 554 g/mol. The number of nitrogens with zero attached hydrogens (tertiary/aromatic N) is 2. The van der Waals surface area contributed by atoms with Crippen molar-refractivity contribution in [2.75, 3.05) is 0 Å². The highest BCUT2D eigenvalue weighted by molar-refractivity contribution is 8.01. The van der Waals surface area contributed by atoms with Gasteiger partial charge >= 0.3 is 11.9 Å². The van der Waals surface area contributed by atoms with Gasteiger partial charge in [-0.3, -0.25) is 14.4 Å². The van der Waals surface area contributed by atoms with Crippen molar-refractivity contribution in [3.05, 3.63) is 70.2 Å². The fourth-order valence-electron chi connectivity index (χ4n) is 6.49. The van der Waals surface area contributed by atoms with Crippen LogP contribution in [0.4, 0.5) is 0 Å². The molecule has 11 heteroatoms. The van der Waals surface area contributed by atoms with Crippen LogP contribution >= 0.6 is 11.8 Å². The number of rotatable bonds is 11. The number of aliphatic carboxylic acids is 1. The predicted octanol–water partition coefficient (Wildman–Crippen LogP) is 2.22. The van der Waals surface area contributed by atoms with Crippen LogP contribution in [0.3, 0.4) is 0 Å². The third-order valence-electron chi connectivity index (χ3n) is 8.07. The Balaban J connectivity index is 2.21. The molecule has 1 unspecified atom stereocenters. The average Bonchev–Trinajstić information content (AvgIpc) is 3.06. The first-order chi connectivity index (χ1) is 18.4. The Morgan fingerprint density at radius 1 is 1.13 bits per heavy atom. The number of hydrogen-bond donors (Lipinski definition) is 3. The zero-order valence-electron chi connectivity index (χ0n) is 22.3. The summed E-state index contributed by atoms with van der Waals surface area (Å²) in [5, 5.41) is 24.8. The van der Waals surface area contributed by atoms with Gasteiger partial charge < -0.3 is 26.7 Å². The van der Waals surface area contributed by atoms with Crippen molar-refractivity contribution in [2.45, 2.75) is 80.4 Å². The minimum absolute atomic E-state index is 0.0926. The second-order valence-corrected chi connectivity index (χ2v) is 12.4. The first-order valence-corrected chi connectivity index (χ1v) is 13.9. The lowest BCUT2D eigenvalue weighted by Gasteiger charge is -2.54. The number of fused-ring (bicyclic) bond motifs is 1.